The van der Waals surface area contributed by atoms with Gasteiger partial charge < -0.3 is 25.2 Å². The molecule has 1 aliphatic heterocycles. The molecule has 0 aliphatic carbocycles. The van der Waals surface area contributed by atoms with E-state index in [-0.39, 0.29) is 12.2 Å². The van der Waals surface area contributed by atoms with Crippen LogP contribution in [0.4, 0.5) is 5.69 Å². The first-order valence-corrected chi connectivity index (χ1v) is 7.10. The number of nitro groups is 1. The van der Waals surface area contributed by atoms with Gasteiger partial charge in [-0.1, -0.05) is 0 Å². The van der Waals surface area contributed by atoms with E-state index in [4.69, 9.17) is 9.84 Å². The van der Waals surface area contributed by atoms with Crippen LogP contribution in [-0.2, 0) is 4.74 Å². The number of nitro benzene ring substituents is 1. The molecule has 4 N–H and O–H groups in total. The number of non-ortho nitro benzene ring substituents is 1. The van der Waals surface area contributed by atoms with Gasteiger partial charge in [0.05, 0.1) is 11.5 Å². The number of likely N-dealkylation sites (N-methyl/N-ethyl adjacent to an activating group) is 1. The zero-order chi connectivity index (χ0) is 17.1. The van der Waals surface area contributed by atoms with Gasteiger partial charge in [0.25, 0.3) is 5.69 Å². The Morgan fingerprint density at radius 2 is 1.96 bits per heavy atom. The Labute approximate surface area is 132 Å². The van der Waals surface area contributed by atoms with Crippen molar-refractivity contribution in [2.45, 2.75) is 30.6 Å². The lowest BCUT2D eigenvalue weighted by Crippen LogP contribution is -2.47. The van der Waals surface area contributed by atoms with E-state index in [1.165, 1.54) is 12.1 Å². The molecule has 0 unspecified atom stereocenters. The molecule has 1 aromatic rings. The number of ether oxygens (including phenoxy) is 1. The van der Waals surface area contributed by atoms with E-state index in [0.717, 1.165) is 0 Å². The van der Waals surface area contributed by atoms with Crippen molar-refractivity contribution in [2.24, 2.45) is 0 Å². The fourth-order valence-corrected chi connectivity index (χ4v) is 2.53. The van der Waals surface area contributed by atoms with Crippen LogP contribution >= 0.6 is 0 Å². The van der Waals surface area contributed by atoms with Crippen LogP contribution in [0.25, 0.3) is 0 Å². The predicted molar refractivity (Wildman–Crippen MR) is 78.4 cm³/mol. The van der Waals surface area contributed by atoms with Gasteiger partial charge in [0.15, 0.2) is 0 Å². The number of nitrogens with zero attached hydrogens (tertiary/aromatic N) is 2. The normalized spacial score (nSPS) is 26.0. The molecule has 2 rings (SSSR count). The smallest absolute Gasteiger partial charge is 0.269 e. The van der Waals surface area contributed by atoms with E-state index in [0.29, 0.717) is 5.56 Å². The lowest BCUT2D eigenvalue weighted by atomic mass is 10.0. The second kappa shape index (κ2) is 7.30. The highest BCUT2D eigenvalue weighted by molar-refractivity contribution is 5.34. The minimum Gasteiger partial charge on any atom is -0.394 e. The Morgan fingerprint density at radius 1 is 1.35 bits per heavy atom. The van der Waals surface area contributed by atoms with Crippen LogP contribution in [0.3, 0.4) is 0 Å². The summed E-state index contributed by atoms with van der Waals surface area (Å²) in [7, 11) is 1.74. The predicted octanol–water partition coefficient (Wildman–Crippen LogP) is -1.00. The Hall–Kier alpha value is -1.62. The number of hydrogen-bond donors (Lipinski definition) is 4. The molecule has 0 radical (unpaired) electrons. The number of aliphatic hydroxyl groups excluding tert-OH is 4. The third-order valence-corrected chi connectivity index (χ3v) is 3.87. The molecule has 1 saturated heterocycles. The van der Waals surface area contributed by atoms with Gasteiger partial charge in [0.2, 0.25) is 0 Å². The van der Waals surface area contributed by atoms with Crippen LogP contribution in [0.15, 0.2) is 24.3 Å². The highest BCUT2D eigenvalue weighted by Gasteiger charge is 2.40. The monoisotopic (exact) mass is 328 g/mol. The van der Waals surface area contributed by atoms with Crippen molar-refractivity contribution in [3.63, 3.8) is 0 Å². The zero-order valence-corrected chi connectivity index (χ0v) is 12.5. The number of hydrogen-bond acceptors (Lipinski definition) is 8. The third-order valence-electron chi connectivity index (χ3n) is 3.87. The lowest BCUT2D eigenvalue weighted by Gasteiger charge is -2.25. The molecule has 1 fully saturated rings. The molecular formula is C14H20N2O7. The highest BCUT2D eigenvalue weighted by Crippen LogP contribution is 2.31. The molecule has 9 heteroatoms. The van der Waals surface area contributed by atoms with E-state index >= 15 is 0 Å². The van der Waals surface area contributed by atoms with E-state index in [1.807, 2.05) is 0 Å². The summed E-state index contributed by atoms with van der Waals surface area (Å²) in [6.07, 6.45) is -5.67. The molecule has 0 spiro atoms. The first-order chi connectivity index (χ1) is 10.8. The van der Waals surface area contributed by atoms with Crippen molar-refractivity contribution in [3.05, 3.63) is 39.9 Å². The van der Waals surface area contributed by atoms with Crippen molar-refractivity contribution < 1.29 is 30.1 Å². The molecule has 0 aromatic heterocycles. The Kier molecular flexibility index (Phi) is 5.63. The van der Waals surface area contributed by atoms with Gasteiger partial charge in [-0.15, -0.1) is 0 Å². The van der Waals surface area contributed by atoms with Crippen LogP contribution in [0.1, 0.15) is 11.8 Å². The first-order valence-electron chi connectivity index (χ1n) is 7.10. The summed E-state index contributed by atoms with van der Waals surface area (Å²) >= 11 is 0. The Bertz CT molecular complexity index is 538. The molecule has 1 aromatic carbocycles. The minimum absolute atomic E-state index is 0.0347. The van der Waals surface area contributed by atoms with Crippen LogP contribution in [0.2, 0.25) is 0 Å². The van der Waals surface area contributed by atoms with Gasteiger partial charge >= 0.3 is 0 Å². The highest BCUT2D eigenvalue weighted by atomic mass is 16.6. The van der Waals surface area contributed by atoms with Crippen molar-refractivity contribution >= 4 is 5.69 Å². The molecule has 9 nitrogen and oxygen atoms in total. The van der Waals surface area contributed by atoms with Gasteiger partial charge in [-0.3, -0.25) is 15.0 Å². The van der Waals surface area contributed by atoms with E-state index in [9.17, 15) is 25.4 Å². The molecule has 0 amide bonds. The van der Waals surface area contributed by atoms with Crippen LogP contribution in [0.5, 0.6) is 0 Å². The average molecular weight is 328 g/mol. The summed E-state index contributed by atoms with van der Waals surface area (Å²) in [4.78, 5) is 11.9. The van der Waals surface area contributed by atoms with Gasteiger partial charge in [-0.2, -0.15) is 0 Å². The van der Waals surface area contributed by atoms with Crippen molar-refractivity contribution in [1.29, 1.82) is 0 Å². The number of rotatable bonds is 6. The van der Waals surface area contributed by atoms with E-state index in [1.54, 1.807) is 24.1 Å². The fourth-order valence-electron chi connectivity index (χ4n) is 2.53. The number of aliphatic hydroxyl groups is 4. The van der Waals surface area contributed by atoms with Crippen molar-refractivity contribution in [3.8, 4) is 0 Å². The maximum atomic E-state index is 10.7. The average Bonchev–Trinajstić information content (AvgIpc) is 2.94. The van der Waals surface area contributed by atoms with E-state index in [2.05, 4.69) is 0 Å². The fraction of sp³-hybridized carbons (Fsp3) is 0.571. The molecule has 1 aliphatic rings. The molecule has 128 valence electrons. The second-order valence-electron chi connectivity index (χ2n) is 5.55. The molecule has 0 bridgehead atoms. The van der Waals surface area contributed by atoms with Crippen LogP contribution in [0, 0.1) is 10.1 Å². The zero-order valence-electron chi connectivity index (χ0n) is 12.5. The molecule has 5 atom stereocenters. The van der Waals surface area contributed by atoms with Crippen LogP contribution < -0.4 is 0 Å². The Balaban J connectivity index is 2.07. The summed E-state index contributed by atoms with van der Waals surface area (Å²) in [6.45, 7) is -0.384. The molecule has 0 saturated carbocycles. The lowest BCUT2D eigenvalue weighted by molar-refractivity contribution is -0.384. The second-order valence-corrected chi connectivity index (χ2v) is 5.55. The van der Waals surface area contributed by atoms with Crippen LogP contribution in [-0.4, -0.2) is 74.9 Å². The quantitative estimate of drug-likeness (QED) is 0.385. The first kappa shape index (κ1) is 17.7. The number of benzene rings is 1. The van der Waals surface area contributed by atoms with Crippen molar-refractivity contribution in [2.75, 3.05) is 20.2 Å². The summed E-state index contributed by atoms with van der Waals surface area (Å²) in [5, 5.41) is 48.7. The summed E-state index contributed by atoms with van der Waals surface area (Å²) in [5.41, 5.74) is 0.637. The van der Waals surface area contributed by atoms with Crippen molar-refractivity contribution in [1.82, 2.24) is 4.90 Å². The topological polar surface area (TPSA) is 137 Å². The molecule has 23 heavy (non-hydrogen) atoms. The maximum Gasteiger partial charge on any atom is 0.269 e. The standard InChI is InChI=1S/C14H20N2O7/c1-15-6-11(13(20)12(19)10(18)7-17)23-14(15)8-2-4-9(5-3-8)16(21)22/h2-5,10-14,17-20H,6-7H2,1H3/t10-,11+,12-,13-,14-/m1/s1. The van der Waals surface area contributed by atoms with Gasteiger partial charge in [-0.05, 0) is 24.7 Å². The maximum absolute atomic E-state index is 10.7. The van der Waals surface area contributed by atoms with E-state index < -0.39 is 42.2 Å². The Morgan fingerprint density at radius 3 is 2.48 bits per heavy atom. The minimum atomic E-state index is -1.53. The summed E-state index contributed by atoms with van der Waals surface area (Å²) in [5.74, 6) is 0. The van der Waals surface area contributed by atoms with Gasteiger partial charge in [0, 0.05) is 18.7 Å². The summed E-state index contributed by atoms with van der Waals surface area (Å²) < 4.78 is 5.69. The van der Waals surface area contributed by atoms with Gasteiger partial charge in [-0.25, -0.2) is 0 Å². The SMILES string of the molecule is CN1C[C@@H]([C@@H](O)[C@H](O)[C@H](O)CO)O[C@@H]1c1ccc([N+](=O)[O-])cc1. The molecule has 1 heterocycles. The third kappa shape index (κ3) is 3.83. The summed E-state index contributed by atoms with van der Waals surface area (Å²) in [6, 6.07) is 5.85. The van der Waals surface area contributed by atoms with Gasteiger partial charge in [0.1, 0.15) is 30.6 Å². The molecular weight excluding hydrogens is 308 g/mol. The largest absolute Gasteiger partial charge is 0.394 e.